The molecule has 2 aliphatic heterocycles. The van der Waals surface area contributed by atoms with Crippen molar-refractivity contribution in [1.29, 1.82) is 0 Å². The van der Waals surface area contributed by atoms with E-state index in [2.05, 4.69) is 10.6 Å². The molecule has 2 N–H and O–H groups in total. The van der Waals surface area contributed by atoms with Gasteiger partial charge in [0.15, 0.2) is 0 Å². The predicted octanol–water partition coefficient (Wildman–Crippen LogP) is 3.22. The number of halogens is 1. The first-order valence-electron chi connectivity index (χ1n) is 10.6. The monoisotopic (exact) mass is 421 g/mol. The standard InChI is InChI=1S/C22H31N3O3.ClH/c1-14-12-25(13-15(2)28-14)22(27)16-7-9-18(10-8-16)23-21(26)20-11-17-5-3-4-6-19(17)24-20;/h7-10,14-15,17,19-20,24H,3-6,11-13H2,1-2H3,(H,23,26);1H. The largest absolute Gasteiger partial charge is 0.372 e. The van der Waals surface area contributed by atoms with Gasteiger partial charge in [-0.15, -0.1) is 12.4 Å². The predicted molar refractivity (Wildman–Crippen MR) is 116 cm³/mol. The van der Waals surface area contributed by atoms with Gasteiger partial charge in [0, 0.05) is 30.4 Å². The van der Waals surface area contributed by atoms with Crippen LogP contribution in [0.15, 0.2) is 24.3 Å². The smallest absolute Gasteiger partial charge is 0.254 e. The van der Waals surface area contributed by atoms with E-state index in [-0.39, 0.29) is 42.5 Å². The molecule has 0 radical (unpaired) electrons. The van der Waals surface area contributed by atoms with Gasteiger partial charge in [0.2, 0.25) is 5.91 Å². The summed E-state index contributed by atoms with van der Waals surface area (Å²) >= 11 is 0. The van der Waals surface area contributed by atoms with Gasteiger partial charge in [0.1, 0.15) is 0 Å². The second-order valence-electron chi connectivity index (χ2n) is 8.64. The summed E-state index contributed by atoms with van der Waals surface area (Å²) in [6.45, 7) is 5.19. The molecule has 0 bridgehead atoms. The molecule has 1 aromatic carbocycles. The zero-order valence-electron chi connectivity index (χ0n) is 17.2. The molecule has 2 amide bonds. The van der Waals surface area contributed by atoms with Crippen molar-refractivity contribution in [2.24, 2.45) is 5.92 Å². The summed E-state index contributed by atoms with van der Waals surface area (Å²) in [6, 6.07) is 7.63. The lowest BCUT2D eigenvalue weighted by Gasteiger charge is -2.35. The first-order chi connectivity index (χ1) is 13.5. The highest BCUT2D eigenvalue weighted by Crippen LogP contribution is 2.33. The van der Waals surface area contributed by atoms with E-state index < -0.39 is 0 Å². The zero-order valence-corrected chi connectivity index (χ0v) is 18.0. The molecular formula is C22H32ClN3O3. The van der Waals surface area contributed by atoms with Gasteiger partial charge in [0.05, 0.1) is 18.2 Å². The molecule has 0 aromatic heterocycles. The second kappa shape index (κ2) is 9.45. The minimum atomic E-state index is -0.106. The van der Waals surface area contributed by atoms with E-state index in [1.807, 2.05) is 30.9 Å². The molecule has 2 saturated heterocycles. The first kappa shape index (κ1) is 22.1. The number of carbonyl (C=O) groups is 2. The Bertz CT molecular complexity index is 703. The molecule has 0 spiro atoms. The highest BCUT2D eigenvalue weighted by Gasteiger charge is 2.38. The lowest BCUT2D eigenvalue weighted by atomic mass is 9.85. The number of nitrogens with zero attached hydrogens (tertiary/aromatic N) is 1. The van der Waals surface area contributed by atoms with E-state index in [1.165, 1.54) is 25.7 Å². The number of morpholine rings is 1. The number of hydrogen-bond acceptors (Lipinski definition) is 4. The molecule has 1 aromatic rings. The Kier molecular flexibility index (Phi) is 7.19. The summed E-state index contributed by atoms with van der Waals surface area (Å²) < 4.78 is 5.70. The summed E-state index contributed by atoms with van der Waals surface area (Å²) in [7, 11) is 0. The fourth-order valence-electron chi connectivity index (χ4n) is 4.97. The molecule has 1 aliphatic carbocycles. The lowest BCUT2D eigenvalue weighted by molar-refractivity contribution is -0.117. The van der Waals surface area contributed by atoms with Crippen molar-refractivity contribution in [1.82, 2.24) is 10.2 Å². The van der Waals surface area contributed by atoms with Gasteiger partial charge in [-0.25, -0.2) is 0 Å². The maximum Gasteiger partial charge on any atom is 0.254 e. The highest BCUT2D eigenvalue weighted by molar-refractivity contribution is 5.97. The number of benzene rings is 1. The number of amides is 2. The summed E-state index contributed by atoms with van der Waals surface area (Å²) in [5.74, 6) is 0.688. The Morgan fingerprint density at radius 1 is 1.07 bits per heavy atom. The second-order valence-corrected chi connectivity index (χ2v) is 8.64. The van der Waals surface area contributed by atoms with E-state index in [4.69, 9.17) is 4.74 Å². The molecule has 160 valence electrons. The zero-order chi connectivity index (χ0) is 19.7. The molecule has 7 heteroatoms. The number of fused-ring (bicyclic) bond motifs is 1. The van der Waals surface area contributed by atoms with Crippen LogP contribution in [0.4, 0.5) is 5.69 Å². The van der Waals surface area contributed by atoms with Crippen LogP contribution in [0.2, 0.25) is 0 Å². The SMILES string of the molecule is CC1CN(C(=O)c2ccc(NC(=O)C3CC4CCCCC4N3)cc2)CC(C)O1.Cl. The van der Waals surface area contributed by atoms with Crippen LogP contribution in [0.25, 0.3) is 0 Å². The average Bonchev–Trinajstić information content (AvgIpc) is 3.12. The summed E-state index contributed by atoms with van der Waals surface area (Å²) in [5, 5.41) is 6.52. The normalized spacial score (nSPS) is 31.5. The Morgan fingerprint density at radius 2 is 1.72 bits per heavy atom. The van der Waals surface area contributed by atoms with Crippen LogP contribution in [0.5, 0.6) is 0 Å². The van der Waals surface area contributed by atoms with Crippen LogP contribution in [0.1, 0.15) is 56.3 Å². The lowest BCUT2D eigenvalue weighted by Crippen LogP contribution is -2.48. The maximum atomic E-state index is 12.8. The minimum Gasteiger partial charge on any atom is -0.372 e. The van der Waals surface area contributed by atoms with Gasteiger partial charge in [-0.05, 0) is 63.3 Å². The summed E-state index contributed by atoms with van der Waals surface area (Å²) in [5.41, 5.74) is 1.38. The quantitative estimate of drug-likeness (QED) is 0.786. The Balaban J connectivity index is 0.00000240. The molecule has 6 nitrogen and oxygen atoms in total. The highest BCUT2D eigenvalue weighted by atomic mass is 35.5. The van der Waals surface area contributed by atoms with E-state index in [1.54, 1.807) is 12.1 Å². The van der Waals surface area contributed by atoms with E-state index in [0.29, 0.717) is 30.6 Å². The van der Waals surface area contributed by atoms with Crippen molar-refractivity contribution >= 4 is 29.9 Å². The van der Waals surface area contributed by atoms with Gasteiger partial charge >= 0.3 is 0 Å². The van der Waals surface area contributed by atoms with Gasteiger partial charge in [-0.2, -0.15) is 0 Å². The number of rotatable bonds is 3. The molecule has 4 rings (SSSR count). The van der Waals surface area contributed by atoms with Gasteiger partial charge in [-0.3, -0.25) is 9.59 Å². The van der Waals surface area contributed by atoms with Gasteiger partial charge in [-0.1, -0.05) is 12.8 Å². The van der Waals surface area contributed by atoms with Crippen molar-refractivity contribution < 1.29 is 14.3 Å². The third-order valence-electron chi connectivity index (χ3n) is 6.29. The number of carbonyl (C=O) groups excluding carboxylic acids is 2. The van der Waals surface area contributed by atoms with Crippen molar-refractivity contribution in [3.05, 3.63) is 29.8 Å². The van der Waals surface area contributed by atoms with E-state index in [9.17, 15) is 9.59 Å². The number of anilines is 1. The average molecular weight is 422 g/mol. The third kappa shape index (κ3) is 5.11. The van der Waals surface area contributed by atoms with Crippen LogP contribution in [-0.4, -0.2) is 54.1 Å². The van der Waals surface area contributed by atoms with Crippen molar-refractivity contribution in [2.75, 3.05) is 18.4 Å². The molecule has 5 atom stereocenters. The summed E-state index contributed by atoms with van der Waals surface area (Å²) in [4.78, 5) is 27.2. The third-order valence-corrected chi connectivity index (χ3v) is 6.29. The molecule has 29 heavy (non-hydrogen) atoms. The van der Waals surface area contributed by atoms with Crippen LogP contribution in [0, 0.1) is 5.92 Å². The fraction of sp³-hybridized carbons (Fsp3) is 0.636. The van der Waals surface area contributed by atoms with E-state index >= 15 is 0 Å². The first-order valence-corrected chi connectivity index (χ1v) is 10.6. The minimum absolute atomic E-state index is 0. The van der Waals surface area contributed by atoms with Crippen molar-refractivity contribution in [2.45, 2.75) is 70.2 Å². The molecule has 3 aliphatic rings. The molecule has 3 fully saturated rings. The Labute approximate surface area is 179 Å². The Hall–Kier alpha value is -1.63. The fourth-order valence-corrected chi connectivity index (χ4v) is 4.97. The van der Waals surface area contributed by atoms with Gasteiger partial charge in [0.25, 0.3) is 5.91 Å². The van der Waals surface area contributed by atoms with Crippen LogP contribution in [0.3, 0.4) is 0 Å². The molecular weight excluding hydrogens is 390 g/mol. The molecule has 1 saturated carbocycles. The Morgan fingerprint density at radius 3 is 2.38 bits per heavy atom. The molecule has 5 unspecified atom stereocenters. The van der Waals surface area contributed by atoms with Crippen LogP contribution in [-0.2, 0) is 9.53 Å². The number of nitrogens with one attached hydrogen (secondary N) is 2. The number of ether oxygens (including phenoxy) is 1. The molecule has 2 heterocycles. The topological polar surface area (TPSA) is 70.7 Å². The van der Waals surface area contributed by atoms with Gasteiger partial charge < -0.3 is 20.3 Å². The summed E-state index contributed by atoms with van der Waals surface area (Å²) in [6.07, 6.45) is 6.00. The van der Waals surface area contributed by atoms with Crippen molar-refractivity contribution in [3.63, 3.8) is 0 Å². The number of hydrogen-bond donors (Lipinski definition) is 2. The van der Waals surface area contributed by atoms with Crippen LogP contribution >= 0.6 is 12.4 Å². The van der Waals surface area contributed by atoms with E-state index in [0.717, 1.165) is 12.1 Å². The van der Waals surface area contributed by atoms with Crippen molar-refractivity contribution in [3.8, 4) is 0 Å². The maximum absolute atomic E-state index is 12.8. The van der Waals surface area contributed by atoms with Crippen LogP contribution < -0.4 is 10.6 Å².